The van der Waals surface area contributed by atoms with Crippen LogP contribution in [0.5, 0.6) is 5.75 Å². The Bertz CT molecular complexity index is 506. The number of benzene rings is 1. The molecule has 104 valence electrons. The first-order valence-corrected chi connectivity index (χ1v) is 5.39. The summed E-state index contributed by atoms with van der Waals surface area (Å²) in [5.41, 5.74) is -1.03. The van der Waals surface area contributed by atoms with E-state index in [0.717, 1.165) is 0 Å². The fourth-order valence-corrected chi connectivity index (χ4v) is 1.40. The Labute approximate surface area is 106 Å². The predicted molar refractivity (Wildman–Crippen MR) is 60.0 cm³/mol. The second kappa shape index (κ2) is 6.07. The largest absolute Gasteiger partial charge is 0.479 e. The van der Waals surface area contributed by atoms with Gasteiger partial charge in [0.25, 0.3) is 0 Å². The molecule has 0 saturated heterocycles. The molecule has 0 radical (unpaired) electrons. The standard InChI is InChI=1S/C11H11F2NO5/c1-2-3-9(11(15)16)19-10-5-6(12)8(14(17)18)4-7(10)13/h4-5,9H,2-3H2,1H3,(H,15,16). The molecule has 0 aliphatic heterocycles. The van der Waals surface area contributed by atoms with E-state index < -0.39 is 40.1 Å². The SMILES string of the molecule is CCCC(Oc1cc(F)c([N+](=O)[O-])cc1F)C(=O)O. The number of rotatable bonds is 6. The highest BCUT2D eigenvalue weighted by Crippen LogP contribution is 2.27. The summed E-state index contributed by atoms with van der Waals surface area (Å²) in [4.78, 5) is 20.1. The van der Waals surface area contributed by atoms with Gasteiger partial charge in [-0.1, -0.05) is 13.3 Å². The monoisotopic (exact) mass is 275 g/mol. The zero-order valence-corrected chi connectivity index (χ0v) is 9.93. The van der Waals surface area contributed by atoms with Crippen molar-refractivity contribution in [3.63, 3.8) is 0 Å². The molecule has 0 aliphatic rings. The molecule has 6 nitrogen and oxygen atoms in total. The number of carbonyl (C=O) groups is 1. The highest BCUT2D eigenvalue weighted by molar-refractivity contribution is 5.72. The van der Waals surface area contributed by atoms with E-state index in [1.165, 1.54) is 0 Å². The molecule has 0 heterocycles. The van der Waals surface area contributed by atoms with Gasteiger partial charge in [0.2, 0.25) is 5.82 Å². The van der Waals surface area contributed by atoms with E-state index in [2.05, 4.69) is 0 Å². The summed E-state index contributed by atoms with van der Waals surface area (Å²) in [7, 11) is 0. The van der Waals surface area contributed by atoms with Crippen LogP contribution in [0.2, 0.25) is 0 Å². The molecule has 1 aromatic carbocycles. The van der Waals surface area contributed by atoms with Crippen LogP contribution >= 0.6 is 0 Å². The summed E-state index contributed by atoms with van der Waals surface area (Å²) in [6.07, 6.45) is -0.762. The summed E-state index contributed by atoms with van der Waals surface area (Å²) >= 11 is 0. The zero-order chi connectivity index (χ0) is 14.6. The molecule has 0 spiro atoms. The Hall–Kier alpha value is -2.25. The molecule has 1 atom stereocenters. The van der Waals surface area contributed by atoms with Gasteiger partial charge >= 0.3 is 11.7 Å². The summed E-state index contributed by atoms with van der Waals surface area (Å²) in [6, 6.07) is 0.828. The van der Waals surface area contributed by atoms with Crippen LogP contribution in [0, 0.1) is 21.7 Å². The van der Waals surface area contributed by atoms with E-state index in [0.29, 0.717) is 18.6 Å². The Morgan fingerprint density at radius 2 is 2.11 bits per heavy atom. The molecule has 19 heavy (non-hydrogen) atoms. The number of aliphatic carboxylic acids is 1. The van der Waals surface area contributed by atoms with E-state index in [4.69, 9.17) is 9.84 Å². The van der Waals surface area contributed by atoms with Crippen LogP contribution in [0.4, 0.5) is 14.5 Å². The highest BCUT2D eigenvalue weighted by atomic mass is 19.1. The number of hydrogen-bond donors (Lipinski definition) is 1. The van der Waals surface area contributed by atoms with Gasteiger partial charge in [-0.3, -0.25) is 10.1 Å². The van der Waals surface area contributed by atoms with E-state index in [1.807, 2.05) is 0 Å². The number of nitro benzene ring substituents is 1. The Morgan fingerprint density at radius 1 is 1.47 bits per heavy atom. The number of nitrogens with zero attached hydrogens (tertiary/aromatic N) is 1. The quantitative estimate of drug-likeness (QED) is 0.636. The molecule has 8 heteroatoms. The molecule has 0 bridgehead atoms. The molecule has 0 aromatic heterocycles. The molecular weight excluding hydrogens is 264 g/mol. The average Bonchev–Trinajstić information content (AvgIpc) is 2.32. The van der Waals surface area contributed by atoms with Gasteiger partial charge in [-0.15, -0.1) is 0 Å². The maximum absolute atomic E-state index is 13.5. The first-order chi connectivity index (χ1) is 8.86. The van der Waals surface area contributed by atoms with Crippen LogP contribution in [0.1, 0.15) is 19.8 Å². The minimum absolute atomic E-state index is 0.105. The molecule has 1 rings (SSSR count). The fourth-order valence-electron chi connectivity index (χ4n) is 1.40. The van der Waals surface area contributed by atoms with Crippen LogP contribution in [-0.2, 0) is 4.79 Å². The second-order valence-corrected chi connectivity index (χ2v) is 3.72. The van der Waals surface area contributed by atoms with Crippen molar-refractivity contribution < 1.29 is 28.3 Å². The molecule has 1 aromatic rings. The third kappa shape index (κ3) is 3.60. The van der Waals surface area contributed by atoms with Crippen LogP contribution < -0.4 is 4.74 Å². The van der Waals surface area contributed by atoms with Gasteiger partial charge < -0.3 is 9.84 Å². The lowest BCUT2D eigenvalue weighted by atomic mass is 10.2. The minimum Gasteiger partial charge on any atom is -0.479 e. The van der Waals surface area contributed by atoms with Gasteiger partial charge in [0.1, 0.15) is 0 Å². The van der Waals surface area contributed by atoms with Gasteiger partial charge in [0.15, 0.2) is 17.7 Å². The normalized spacial score (nSPS) is 11.9. The van der Waals surface area contributed by atoms with E-state index in [1.54, 1.807) is 6.92 Å². The first-order valence-electron chi connectivity index (χ1n) is 5.39. The number of hydrogen-bond acceptors (Lipinski definition) is 4. The lowest BCUT2D eigenvalue weighted by Crippen LogP contribution is -2.27. The van der Waals surface area contributed by atoms with Crippen molar-refractivity contribution in [3.05, 3.63) is 33.9 Å². The summed E-state index contributed by atoms with van der Waals surface area (Å²) in [5, 5.41) is 19.2. The van der Waals surface area contributed by atoms with Gasteiger partial charge in [0.05, 0.1) is 11.0 Å². The van der Waals surface area contributed by atoms with Crippen molar-refractivity contribution >= 4 is 11.7 Å². The van der Waals surface area contributed by atoms with Crippen molar-refractivity contribution in [3.8, 4) is 5.75 Å². The summed E-state index contributed by atoms with van der Waals surface area (Å²) < 4.78 is 31.6. The first kappa shape index (κ1) is 14.8. The van der Waals surface area contributed by atoms with Crippen molar-refractivity contribution in [1.29, 1.82) is 0 Å². The van der Waals surface area contributed by atoms with E-state index >= 15 is 0 Å². The van der Waals surface area contributed by atoms with Crippen molar-refractivity contribution in [1.82, 2.24) is 0 Å². The van der Waals surface area contributed by atoms with Gasteiger partial charge in [-0.05, 0) is 6.42 Å². The van der Waals surface area contributed by atoms with Crippen LogP contribution in [0.3, 0.4) is 0 Å². The molecule has 0 aliphatic carbocycles. The second-order valence-electron chi connectivity index (χ2n) is 3.72. The Balaban J connectivity index is 3.04. The Kier molecular flexibility index (Phi) is 4.74. The number of carboxylic acid groups (broad SMARTS) is 1. The van der Waals surface area contributed by atoms with Crippen LogP contribution in [-0.4, -0.2) is 22.1 Å². The summed E-state index contributed by atoms with van der Waals surface area (Å²) in [6.45, 7) is 1.70. The number of ether oxygens (including phenoxy) is 1. The minimum atomic E-state index is -1.33. The third-order valence-electron chi connectivity index (χ3n) is 2.29. The number of nitro groups is 1. The maximum Gasteiger partial charge on any atom is 0.344 e. The predicted octanol–water partition coefficient (Wildman–Crippen LogP) is 2.51. The zero-order valence-electron chi connectivity index (χ0n) is 9.93. The van der Waals surface area contributed by atoms with Gasteiger partial charge in [-0.2, -0.15) is 4.39 Å². The Morgan fingerprint density at radius 3 is 2.58 bits per heavy atom. The molecule has 1 unspecified atom stereocenters. The van der Waals surface area contributed by atoms with E-state index in [9.17, 15) is 23.7 Å². The molecule has 0 fully saturated rings. The fraction of sp³-hybridized carbons (Fsp3) is 0.364. The van der Waals surface area contributed by atoms with Crippen LogP contribution in [0.25, 0.3) is 0 Å². The topological polar surface area (TPSA) is 89.7 Å². The lowest BCUT2D eigenvalue weighted by molar-refractivity contribution is -0.387. The van der Waals surface area contributed by atoms with Gasteiger partial charge in [-0.25, -0.2) is 9.18 Å². The van der Waals surface area contributed by atoms with E-state index in [-0.39, 0.29) is 6.42 Å². The average molecular weight is 275 g/mol. The molecule has 0 saturated carbocycles. The molecule has 0 amide bonds. The van der Waals surface area contributed by atoms with Crippen molar-refractivity contribution in [2.75, 3.05) is 0 Å². The van der Waals surface area contributed by atoms with Crippen LogP contribution in [0.15, 0.2) is 12.1 Å². The number of carboxylic acids is 1. The van der Waals surface area contributed by atoms with Crippen molar-refractivity contribution in [2.24, 2.45) is 0 Å². The highest BCUT2D eigenvalue weighted by Gasteiger charge is 2.24. The molecular formula is C11H11F2NO5. The lowest BCUT2D eigenvalue weighted by Gasteiger charge is -2.14. The summed E-state index contributed by atoms with van der Waals surface area (Å²) in [5.74, 6) is -4.46. The third-order valence-corrected chi connectivity index (χ3v) is 2.29. The smallest absolute Gasteiger partial charge is 0.344 e. The van der Waals surface area contributed by atoms with Gasteiger partial charge in [0, 0.05) is 6.07 Å². The van der Waals surface area contributed by atoms with Crippen molar-refractivity contribution in [2.45, 2.75) is 25.9 Å². The number of halogens is 2. The maximum atomic E-state index is 13.5. The molecule has 1 N–H and O–H groups in total.